The smallest absolute Gasteiger partial charge is 0.265 e. The van der Waals surface area contributed by atoms with E-state index in [1.54, 1.807) is 6.21 Å². The fourth-order valence-corrected chi connectivity index (χ4v) is 2.73. The minimum atomic E-state index is 0.248. The third-order valence-electron chi connectivity index (χ3n) is 3.90. The number of anilines is 1. The van der Waals surface area contributed by atoms with E-state index in [4.69, 9.17) is 9.47 Å². The van der Waals surface area contributed by atoms with Crippen molar-refractivity contribution in [3.63, 3.8) is 0 Å². The van der Waals surface area contributed by atoms with Crippen LogP contribution in [0.2, 0.25) is 0 Å². The third kappa shape index (κ3) is 2.40. The summed E-state index contributed by atoms with van der Waals surface area (Å²) >= 11 is 0. The maximum atomic E-state index is 5.34. The minimum absolute atomic E-state index is 0.248. The van der Waals surface area contributed by atoms with Crippen molar-refractivity contribution in [2.75, 3.05) is 12.2 Å². The van der Waals surface area contributed by atoms with Crippen molar-refractivity contribution in [3.8, 4) is 11.5 Å². The molecule has 0 radical (unpaired) electrons. The number of hydrazone groups is 1. The number of aromatic amines is 1. The highest BCUT2D eigenvalue weighted by Crippen LogP contribution is 2.32. The summed E-state index contributed by atoms with van der Waals surface area (Å²) in [5.74, 6) is 1.76. The van der Waals surface area contributed by atoms with Crippen LogP contribution in [0.1, 0.15) is 5.56 Å². The van der Waals surface area contributed by atoms with Gasteiger partial charge >= 0.3 is 0 Å². The van der Waals surface area contributed by atoms with E-state index in [2.05, 4.69) is 30.7 Å². The Bertz CT molecular complexity index is 1120. The molecule has 2 aromatic heterocycles. The predicted molar refractivity (Wildman–Crippen MR) is 93.0 cm³/mol. The van der Waals surface area contributed by atoms with Gasteiger partial charge in [0.05, 0.1) is 6.21 Å². The number of nitrogens with one attached hydrogen (secondary N) is 2. The largest absolute Gasteiger partial charge is 0.454 e. The number of fused-ring (bicyclic) bond motifs is 4. The standard InChI is InChI=1S/C17H12N6O2/c1-2-4-12-11(3-1)15-16(19-12)20-17(23-21-15)22-18-8-10-5-6-13-14(7-10)25-9-24-13/h1-8H,9H2,(H2,19,20,22,23). The van der Waals surface area contributed by atoms with Crippen molar-refractivity contribution >= 4 is 34.2 Å². The Kier molecular flexibility index (Phi) is 2.99. The van der Waals surface area contributed by atoms with Gasteiger partial charge < -0.3 is 14.5 Å². The van der Waals surface area contributed by atoms with Gasteiger partial charge in [-0.15, -0.1) is 10.2 Å². The second-order valence-corrected chi connectivity index (χ2v) is 5.49. The lowest BCUT2D eigenvalue weighted by molar-refractivity contribution is 0.174. The van der Waals surface area contributed by atoms with Crippen molar-refractivity contribution in [2.45, 2.75) is 0 Å². The normalized spacial score (nSPS) is 13.1. The van der Waals surface area contributed by atoms with Crippen LogP contribution in [0.3, 0.4) is 0 Å². The van der Waals surface area contributed by atoms with Crippen LogP contribution in [0.5, 0.6) is 11.5 Å². The van der Waals surface area contributed by atoms with E-state index in [-0.39, 0.29) is 6.79 Å². The van der Waals surface area contributed by atoms with Crippen LogP contribution >= 0.6 is 0 Å². The molecule has 3 heterocycles. The topological polar surface area (TPSA) is 97.3 Å². The first-order chi connectivity index (χ1) is 12.4. The van der Waals surface area contributed by atoms with Crippen molar-refractivity contribution in [2.24, 2.45) is 5.10 Å². The van der Waals surface area contributed by atoms with Crippen LogP contribution in [0, 0.1) is 0 Å². The summed E-state index contributed by atoms with van der Waals surface area (Å²) in [6, 6.07) is 13.5. The summed E-state index contributed by atoms with van der Waals surface area (Å²) < 4.78 is 10.6. The minimum Gasteiger partial charge on any atom is -0.454 e. The van der Waals surface area contributed by atoms with E-state index < -0.39 is 0 Å². The molecular weight excluding hydrogens is 320 g/mol. The third-order valence-corrected chi connectivity index (χ3v) is 3.90. The van der Waals surface area contributed by atoms with E-state index in [0.717, 1.165) is 27.7 Å². The van der Waals surface area contributed by atoms with Gasteiger partial charge in [0.2, 0.25) is 6.79 Å². The maximum Gasteiger partial charge on any atom is 0.265 e. The average molecular weight is 332 g/mol. The Hall–Kier alpha value is -3.68. The summed E-state index contributed by atoms with van der Waals surface area (Å²) in [5, 5.41) is 13.4. The van der Waals surface area contributed by atoms with Gasteiger partial charge in [-0.1, -0.05) is 18.2 Å². The molecule has 0 spiro atoms. The van der Waals surface area contributed by atoms with Crippen LogP contribution in [-0.4, -0.2) is 33.2 Å². The van der Waals surface area contributed by atoms with E-state index in [1.165, 1.54) is 0 Å². The first kappa shape index (κ1) is 13.7. The zero-order chi connectivity index (χ0) is 16.6. The van der Waals surface area contributed by atoms with Gasteiger partial charge in [-0.25, -0.2) is 5.43 Å². The highest BCUT2D eigenvalue weighted by Gasteiger charge is 2.12. The lowest BCUT2D eigenvalue weighted by Crippen LogP contribution is -1.99. The summed E-state index contributed by atoms with van der Waals surface area (Å²) in [4.78, 5) is 7.62. The fourth-order valence-electron chi connectivity index (χ4n) is 2.73. The maximum absolute atomic E-state index is 5.34. The van der Waals surface area contributed by atoms with Crippen LogP contribution in [0.4, 0.5) is 5.95 Å². The summed E-state index contributed by atoms with van der Waals surface area (Å²) in [7, 11) is 0. The van der Waals surface area contributed by atoms with Crippen molar-refractivity contribution in [1.29, 1.82) is 0 Å². The van der Waals surface area contributed by atoms with Gasteiger partial charge in [-0.05, 0) is 29.8 Å². The number of H-pyrrole nitrogens is 1. The van der Waals surface area contributed by atoms with E-state index in [0.29, 0.717) is 17.3 Å². The average Bonchev–Trinajstić information content (AvgIpc) is 3.25. The molecule has 2 N–H and O–H groups in total. The summed E-state index contributed by atoms with van der Waals surface area (Å²) in [5.41, 5.74) is 6.03. The Labute approximate surface area is 141 Å². The molecule has 122 valence electrons. The molecule has 0 bridgehead atoms. The van der Waals surface area contributed by atoms with Crippen molar-refractivity contribution in [1.82, 2.24) is 20.2 Å². The highest BCUT2D eigenvalue weighted by molar-refractivity contribution is 6.03. The van der Waals surface area contributed by atoms with Crippen LogP contribution < -0.4 is 14.9 Å². The van der Waals surface area contributed by atoms with Crippen LogP contribution in [-0.2, 0) is 0 Å². The van der Waals surface area contributed by atoms with Crippen LogP contribution in [0.15, 0.2) is 47.6 Å². The molecule has 0 amide bonds. The summed E-state index contributed by atoms with van der Waals surface area (Å²) in [6.07, 6.45) is 1.65. The Morgan fingerprint density at radius 2 is 2.00 bits per heavy atom. The molecule has 5 rings (SSSR count). The second kappa shape index (κ2) is 5.45. The zero-order valence-electron chi connectivity index (χ0n) is 12.9. The number of ether oxygens (including phenoxy) is 2. The Balaban J connectivity index is 1.39. The zero-order valence-corrected chi connectivity index (χ0v) is 12.9. The molecule has 8 heteroatoms. The number of hydrogen-bond donors (Lipinski definition) is 2. The molecule has 0 unspecified atom stereocenters. The van der Waals surface area contributed by atoms with Crippen LogP contribution in [0.25, 0.3) is 22.1 Å². The SMILES string of the molecule is C(=NNc1nnc2c(n1)[nH]c1ccccc12)c1ccc2c(c1)OCO2. The number of para-hydroxylation sites is 1. The van der Waals surface area contributed by atoms with Gasteiger partial charge in [0.1, 0.15) is 5.52 Å². The van der Waals surface area contributed by atoms with Crippen molar-refractivity contribution in [3.05, 3.63) is 48.0 Å². The second-order valence-electron chi connectivity index (χ2n) is 5.49. The lowest BCUT2D eigenvalue weighted by Gasteiger charge is -1.99. The molecule has 0 saturated carbocycles. The molecule has 0 fully saturated rings. The van der Waals surface area contributed by atoms with Gasteiger partial charge in [0.25, 0.3) is 5.95 Å². The van der Waals surface area contributed by atoms with Gasteiger partial charge in [-0.3, -0.25) is 0 Å². The molecule has 25 heavy (non-hydrogen) atoms. The van der Waals surface area contributed by atoms with E-state index >= 15 is 0 Å². The molecular formula is C17H12N6O2. The Morgan fingerprint density at radius 1 is 1.08 bits per heavy atom. The first-order valence-corrected chi connectivity index (χ1v) is 7.67. The predicted octanol–water partition coefficient (Wildman–Crippen LogP) is 2.68. The Morgan fingerprint density at radius 3 is 3.00 bits per heavy atom. The van der Waals surface area contributed by atoms with E-state index in [1.807, 2.05) is 42.5 Å². The molecule has 8 nitrogen and oxygen atoms in total. The summed E-state index contributed by atoms with van der Waals surface area (Å²) in [6.45, 7) is 0.248. The van der Waals surface area contributed by atoms with E-state index in [9.17, 15) is 0 Å². The monoisotopic (exact) mass is 332 g/mol. The molecule has 1 aliphatic heterocycles. The molecule has 0 aliphatic carbocycles. The van der Waals surface area contributed by atoms with Gasteiger partial charge in [0, 0.05) is 10.9 Å². The lowest BCUT2D eigenvalue weighted by atomic mass is 10.2. The number of aromatic nitrogens is 4. The first-order valence-electron chi connectivity index (χ1n) is 7.67. The van der Waals surface area contributed by atoms with Gasteiger partial charge in [-0.2, -0.15) is 10.1 Å². The molecule has 0 saturated heterocycles. The molecule has 4 aromatic rings. The number of hydrogen-bond acceptors (Lipinski definition) is 7. The fraction of sp³-hybridized carbons (Fsp3) is 0.0588. The van der Waals surface area contributed by atoms with Gasteiger partial charge in [0.15, 0.2) is 17.1 Å². The molecule has 0 atom stereocenters. The molecule has 2 aromatic carbocycles. The number of nitrogens with zero attached hydrogens (tertiary/aromatic N) is 4. The highest BCUT2D eigenvalue weighted by atomic mass is 16.7. The van der Waals surface area contributed by atoms with Crippen molar-refractivity contribution < 1.29 is 9.47 Å². The number of benzene rings is 2. The molecule has 1 aliphatic rings. The quantitative estimate of drug-likeness (QED) is 0.442. The number of rotatable bonds is 3.